The van der Waals surface area contributed by atoms with Crippen molar-refractivity contribution in [1.82, 2.24) is 8.87 Å². The fraction of sp³-hybridized carbons (Fsp3) is 0.316. The average molecular weight is 374 g/mol. The molecule has 0 saturated carbocycles. The molecule has 0 aliphatic carbocycles. The molecule has 1 aromatic carbocycles. The summed E-state index contributed by atoms with van der Waals surface area (Å²) >= 11 is 0. The molecule has 1 aromatic heterocycles. The number of hydrogen-bond acceptors (Lipinski definition) is 4. The summed E-state index contributed by atoms with van der Waals surface area (Å²) in [7, 11) is -1.80. The zero-order valence-electron chi connectivity index (χ0n) is 14.8. The molecule has 2 heterocycles. The van der Waals surface area contributed by atoms with Gasteiger partial charge < -0.3 is 9.30 Å². The molecular formula is C19H22N2O4S. The predicted octanol–water partition coefficient (Wildman–Crippen LogP) is 2.15. The van der Waals surface area contributed by atoms with Gasteiger partial charge in [0.05, 0.1) is 6.54 Å². The number of aromatic nitrogens is 1. The number of ether oxygens (including phenoxy) is 1. The minimum Gasteiger partial charge on any atom is -0.489 e. The highest BCUT2D eigenvalue weighted by Gasteiger charge is 2.31. The van der Waals surface area contributed by atoms with Crippen molar-refractivity contribution in [2.24, 2.45) is 7.05 Å². The molecule has 0 spiro atoms. The van der Waals surface area contributed by atoms with E-state index in [9.17, 15) is 13.2 Å². The second-order valence-electron chi connectivity index (χ2n) is 6.37. The molecule has 1 unspecified atom stereocenters. The van der Waals surface area contributed by atoms with E-state index in [0.29, 0.717) is 18.7 Å². The van der Waals surface area contributed by atoms with Gasteiger partial charge >= 0.3 is 0 Å². The van der Waals surface area contributed by atoms with Gasteiger partial charge in [0.15, 0.2) is 0 Å². The normalized spacial score (nSPS) is 18.5. The van der Waals surface area contributed by atoms with Gasteiger partial charge in [0.1, 0.15) is 11.9 Å². The van der Waals surface area contributed by atoms with Crippen LogP contribution in [0.4, 0.5) is 0 Å². The Kier molecular flexibility index (Phi) is 5.29. The third-order valence-electron chi connectivity index (χ3n) is 4.48. The summed E-state index contributed by atoms with van der Waals surface area (Å²) < 4.78 is 33.8. The van der Waals surface area contributed by atoms with Crippen LogP contribution in [-0.4, -0.2) is 36.5 Å². The first-order valence-electron chi connectivity index (χ1n) is 8.43. The fourth-order valence-corrected chi connectivity index (χ4v) is 4.07. The molecular weight excluding hydrogens is 352 g/mol. The van der Waals surface area contributed by atoms with Crippen molar-refractivity contribution in [2.75, 3.05) is 13.1 Å². The Bertz CT molecular complexity index is 965. The number of aryl methyl sites for hydroxylation is 1. The molecule has 1 aliphatic rings. The van der Waals surface area contributed by atoms with Crippen molar-refractivity contribution in [3.8, 4) is 5.75 Å². The van der Waals surface area contributed by atoms with Crippen LogP contribution < -0.4 is 10.3 Å². The molecule has 1 fully saturated rings. The zero-order valence-corrected chi connectivity index (χ0v) is 15.6. The minimum absolute atomic E-state index is 0.145. The number of benzene rings is 1. The maximum Gasteiger partial charge on any atom is 0.254 e. The van der Waals surface area contributed by atoms with Gasteiger partial charge in [-0.05, 0) is 31.1 Å². The summed E-state index contributed by atoms with van der Waals surface area (Å²) in [5.41, 5.74) is 1.48. The van der Waals surface area contributed by atoms with Crippen molar-refractivity contribution >= 4 is 16.1 Å². The van der Waals surface area contributed by atoms with Gasteiger partial charge in [0.2, 0.25) is 10.0 Å². The molecule has 1 aliphatic heterocycles. The van der Waals surface area contributed by atoms with Crippen LogP contribution in [-0.2, 0) is 17.1 Å². The largest absolute Gasteiger partial charge is 0.489 e. The van der Waals surface area contributed by atoms with Crippen LogP contribution in [0, 0.1) is 6.92 Å². The van der Waals surface area contributed by atoms with Gasteiger partial charge in [-0.3, -0.25) is 4.79 Å². The molecule has 0 radical (unpaired) electrons. The highest BCUT2D eigenvalue weighted by molar-refractivity contribution is 7.92. The Balaban J connectivity index is 1.66. The highest BCUT2D eigenvalue weighted by Crippen LogP contribution is 2.21. The lowest BCUT2D eigenvalue weighted by atomic mass is 10.2. The van der Waals surface area contributed by atoms with Crippen LogP contribution in [0.5, 0.6) is 5.75 Å². The number of nitrogens with zero attached hydrogens (tertiary/aromatic N) is 2. The van der Waals surface area contributed by atoms with Crippen molar-refractivity contribution in [2.45, 2.75) is 19.4 Å². The summed E-state index contributed by atoms with van der Waals surface area (Å²) in [5.74, 6) is 0.481. The van der Waals surface area contributed by atoms with Gasteiger partial charge in [-0.25, -0.2) is 8.42 Å². The second-order valence-corrected chi connectivity index (χ2v) is 8.19. The molecule has 7 heteroatoms. The first-order valence-corrected chi connectivity index (χ1v) is 9.93. The molecule has 1 saturated heterocycles. The number of pyridine rings is 1. The third kappa shape index (κ3) is 4.23. The van der Waals surface area contributed by atoms with E-state index in [1.165, 1.54) is 20.3 Å². The summed E-state index contributed by atoms with van der Waals surface area (Å²) in [5, 5.41) is 1.23. The van der Waals surface area contributed by atoms with Gasteiger partial charge in [0, 0.05) is 30.8 Å². The maximum absolute atomic E-state index is 12.5. The molecule has 6 nitrogen and oxygen atoms in total. The monoisotopic (exact) mass is 374 g/mol. The molecule has 0 amide bonds. The van der Waals surface area contributed by atoms with Crippen molar-refractivity contribution in [3.05, 3.63) is 69.5 Å². The summed E-state index contributed by atoms with van der Waals surface area (Å²) in [6, 6.07) is 12.5. The molecule has 0 N–H and O–H groups in total. The second kappa shape index (κ2) is 7.47. The Morgan fingerprint density at radius 1 is 1.19 bits per heavy atom. The minimum atomic E-state index is -3.50. The Labute approximate surface area is 153 Å². The van der Waals surface area contributed by atoms with Crippen LogP contribution >= 0.6 is 0 Å². The van der Waals surface area contributed by atoms with Crippen LogP contribution in [0.3, 0.4) is 0 Å². The SMILES string of the molecule is Cc1cc(OC2CCN(S(=O)(=O)/C=C/c3ccccc3)C2)cc(=O)n1C. The number of hydrogen-bond donors (Lipinski definition) is 0. The number of rotatable bonds is 5. The van der Waals surface area contributed by atoms with Crippen LogP contribution in [0.1, 0.15) is 17.7 Å². The number of sulfonamides is 1. The van der Waals surface area contributed by atoms with E-state index in [1.807, 2.05) is 37.3 Å². The van der Waals surface area contributed by atoms with E-state index >= 15 is 0 Å². The lowest BCUT2D eigenvalue weighted by Gasteiger charge is -2.16. The van der Waals surface area contributed by atoms with Gasteiger partial charge in [-0.2, -0.15) is 4.31 Å². The summed E-state index contributed by atoms with van der Waals surface area (Å²) in [6.07, 6.45) is 1.92. The zero-order chi connectivity index (χ0) is 18.7. The average Bonchev–Trinajstić information content (AvgIpc) is 3.08. The summed E-state index contributed by atoms with van der Waals surface area (Å²) in [4.78, 5) is 11.8. The van der Waals surface area contributed by atoms with Crippen LogP contribution in [0.25, 0.3) is 6.08 Å². The quantitative estimate of drug-likeness (QED) is 0.804. The smallest absolute Gasteiger partial charge is 0.254 e. The van der Waals surface area contributed by atoms with Crippen LogP contribution in [0.2, 0.25) is 0 Å². The van der Waals surface area contributed by atoms with Crippen molar-refractivity contribution in [1.29, 1.82) is 0 Å². The van der Waals surface area contributed by atoms with E-state index < -0.39 is 10.0 Å². The van der Waals surface area contributed by atoms with Gasteiger partial charge in [0.25, 0.3) is 5.56 Å². The Morgan fingerprint density at radius 2 is 1.92 bits per heavy atom. The van der Waals surface area contributed by atoms with E-state index in [1.54, 1.807) is 19.2 Å². The highest BCUT2D eigenvalue weighted by atomic mass is 32.2. The first-order chi connectivity index (χ1) is 12.3. The molecule has 138 valence electrons. The van der Waals surface area contributed by atoms with E-state index in [-0.39, 0.29) is 18.2 Å². The first kappa shape index (κ1) is 18.4. The molecule has 2 aromatic rings. The summed E-state index contributed by atoms with van der Waals surface area (Å²) in [6.45, 7) is 2.50. The molecule has 1 atom stereocenters. The lowest BCUT2D eigenvalue weighted by Crippen LogP contribution is -2.29. The fourth-order valence-electron chi connectivity index (χ4n) is 2.84. The van der Waals surface area contributed by atoms with E-state index in [4.69, 9.17) is 4.74 Å². The topological polar surface area (TPSA) is 68.6 Å². The van der Waals surface area contributed by atoms with Crippen molar-refractivity contribution in [3.63, 3.8) is 0 Å². The Hall–Kier alpha value is -2.38. The van der Waals surface area contributed by atoms with Gasteiger partial charge in [-0.1, -0.05) is 30.3 Å². The molecule has 26 heavy (non-hydrogen) atoms. The van der Waals surface area contributed by atoms with E-state index in [0.717, 1.165) is 11.3 Å². The molecule has 3 rings (SSSR count). The molecule has 0 bridgehead atoms. The van der Waals surface area contributed by atoms with Crippen molar-refractivity contribution < 1.29 is 13.2 Å². The Morgan fingerprint density at radius 3 is 2.62 bits per heavy atom. The van der Waals surface area contributed by atoms with Crippen LogP contribution in [0.15, 0.2) is 52.7 Å². The predicted molar refractivity (Wildman–Crippen MR) is 101 cm³/mol. The van der Waals surface area contributed by atoms with E-state index in [2.05, 4.69) is 0 Å². The lowest BCUT2D eigenvalue weighted by molar-refractivity contribution is 0.215. The third-order valence-corrected chi connectivity index (χ3v) is 6.01. The standard InChI is InChI=1S/C19H22N2O4S/c1-15-12-18(13-19(22)20(15)2)25-17-8-10-21(14-17)26(23,24)11-9-16-6-4-3-5-7-16/h3-7,9,11-13,17H,8,10,14H2,1-2H3/b11-9+. The van der Waals surface area contributed by atoms with Gasteiger partial charge in [-0.15, -0.1) is 0 Å². The maximum atomic E-state index is 12.5.